The summed E-state index contributed by atoms with van der Waals surface area (Å²) in [7, 11) is 1.58. The summed E-state index contributed by atoms with van der Waals surface area (Å²) in [5.74, 6) is 0.547. The maximum absolute atomic E-state index is 12.6. The maximum Gasteiger partial charge on any atom is 0.227 e. The minimum atomic E-state index is -0.771. The van der Waals surface area contributed by atoms with Crippen LogP contribution in [0.3, 0.4) is 0 Å². The second-order valence-electron chi connectivity index (χ2n) is 6.17. The van der Waals surface area contributed by atoms with E-state index in [-0.39, 0.29) is 24.3 Å². The number of ether oxygens (including phenoxy) is 1. The van der Waals surface area contributed by atoms with Crippen LogP contribution in [-0.2, 0) is 4.79 Å². The lowest BCUT2D eigenvalue weighted by Gasteiger charge is -2.22. The quantitative estimate of drug-likeness (QED) is 0.820. The van der Waals surface area contributed by atoms with Crippen molar-refractivity contribution in [1.29, 1.82) is 0 Å². The van der Waals surface area contributed by atoms with Crippen LogP contribution in [0.1, 0.15) is 37.0 Å². The lowest BCUT2D eigenvalue weighted by molar-refractivity contribution is -0.124. The second kappa shape index (κ2) is 8.50. The molecule has 0 aliphatic heterocycles. The molecule has 24 heavy (non-hydrogen) atoms. The Morgan fingerprint density at radius 3 is 2.38 bits per heavy atom. The number of hydrogen-bond acceptors (Lipinski definition) is 3. The van der Waals surface area contributed by atoms with E-state index in [1.54, 1.807) is 13.2 Å². The molecule has 0 aliphatic carbocycles. The van der Waals surface area contributed by atoms with Crippen LogP contribution in [0.15, 0.2) is 54.6 Å². The van der Waals surface area contributed by atoms with Gasteiger partial charge in [0.15, 0.2) is 0 Å². The monoisotopic (exact) mass is 327 g/mol. The van der Waals surface area contributed by atoms with Gasteiger partial charge >= 0.3 is 0 Å². The summed E-state index contributed by atoms with van der Waals surface area (Å²) in [6, 6.07) is 17.0. The summed E-state index contributed by atoms with van der Waals surface area (Å²) in [5.41, 5.74) is 1.70. The largest absolute Gasteiger partial charge is 0.497 e. The minimum Gasteiger partial charge on any atom is -0.497 e. The molecule has 0 aromatic heterocycles. The van der Waals surface area contributed by atoms with Gasteiger partial charge < -0.3 is 15.2 Å². The fraction of sp³-hybridized carbons (Fsp3) is 0.350. The zero-order valence-electron chi connectivity index (χ0n) is 14.4. The van der Waals surface area contributed by atoms with Crippen molar-refractivity contribution in [2.75, 3.05) is 13.7 Å². The molecule has 0 radical (unpaired) electrons. The van der Waals surface area contributed by atoms with Crippen molar-refractivity contribution in [2.24, 2.45) is 5.92 Å². The highest BCUT2D eigenvalue weighted by molar-refractivity contribution is 5.83. The summed E-state index contributed by atoms with van der Waals surface area (Å²) in [6.45, 7) is 4.22. The first-order chi connectivity index (χ1) is 11.5. The summed E-state index contributed by atoms with van der Waals surface area (Å²) < 4.78 is 5.16. The highest BCUT2D eigenvalue weighted by Gasteiger charge is 2.24. The molecule has 0 heterocycles. The molecule has 0 aliphatic rings. The highest BCUT2D eigenvalue weighted by atomic mass is 16.5. The Hall–Kier alpha value is -2.33. The van der Waals surface area contributed by atoms with Crippen molar-refractivity contribution in [1.82, 2.24) is 5.32 Å². The minimum absolute atomic E-state index is 0.0712. The molecule has 0 fully saturated rings. The molecule has 0 bridgehead atoms. The van der Waals surface area contributed by atoms with Crippen LogP contribution in [0.4, 0.5) is 0 Å². The van der Waals surface area contributed by atoms with Crippen LogP contribution < -0.4 is 10.1 Å². The highest BCUT2D eigenvalue weighted by Crippen LogP contribution is 2.25. The van der Waals surface area contributed by atoms with Crippen LogP contribution in [0.5, 0.6) is 5.75 Å². The van der Waals surface area contributed by atoms with E-state index in [1.807, 2.05) is 62.4 Å². The average molecular weight is 327 g/mol. The van der Waals surface area contributed by atoms with E-state index in [4.69, 9.17) is 4.74 Å². The first kappa shape index (κ1) is 18.0. The van der Waals surface area contributed by atoms with E-state index in [1.165, 1.54) is 0 Å². The Morgan fingerprint density at radius 2 is 1.75 bits per heavy atom. The van der Waals surface area contributed by atoms with Crippen LogP contribution >= 0.6 is 0 Å². The van der Waals surface area contributed by atoms with Crippen molar-refractivity contribution >= 4 is 5.91 Å². The maximum atomic E-state index is 12.6. The Bertz CT molecular complexity index is 655. The van der Waals surface area contributed by atoms with Gasteiger partial charge in [0.25, 0.3) is 0 Å². The number of hydrogen-bond donors (Lipinski definition) is 2. The Kier molecular flexibility index (Phi) is 6.38. The Balaban J connectivity index is 2.02. The number of amides is 1. The predicted molar refractivity (Wildman–Crippen MR) is 95.0 cm³/mol. The van der Waals surface area contributed by atoms with E-state index >= 15 is 0 Å². The topological polar surface area (TPSA) is 58.6 Å². The number of benzene rings is 2. The van der Waals surface area contributed by atoms with E-state index in [0.717, 1.165) is 11.1 Å². The lowest BCUT2D eigenvalue weighted by Crippen LogP contribution is -2.34. The van der Waals surface area contributed by atoms with Crippen molar-refractivity contribution in [3.05, 3.63) is 65.7 Å². The van der Waals surface area contributed by atoms with Crippen molar-refractivity contribution in [3.8, 4) is 5.75 Å². The molecule has 0 spiro atoms. The summed E-state index contributed by atoms with van der Waals surface area (Å²) in [6.07, 6.45) is -0.771. The smallest absolute Gasteiger partial charge is 0.227 e. The van der Waals surface area contributed by atoms with Crippen molar-refractivity contribution in [2.45, 2.75) is 25.9 Å². The van der Waals surface area contributed by atoms with Gasteiger partial charge in [0, 0.05) is 6.54 Å². The molecule has 2 N–H and O–H groups in total. The van der Waals surface area contributed by atoms with Crippen LogP contribution in [-0.4, -0.2) is 24.7 Å². The first-order valence-corrected chi connectivity index (χ1v) is 8.17. The predicted octanol–water partition coefficient (Wildman–Crippen LogP) is 3.28. The number of aliphatic hydroxyl groups excluding tert-OH is 1. The summed E-state index contributed by atoms with van der Waals surface area (Å²) in [5, 5.41) is 13.2. The van der Waals surface area contributed by atoms with Crippen LogP contribution in [0.2, 0.25) is 0 Å². The zero-order chi connectivity index (χ0) is 17.5. The third-order valence-corrected chi connectivity index (χ3v) is 4.06. The first-order valence-electron chi connectivity index (χ1n) is 8.17. The zero-order valence-corrected chi connectivity index (χ0v) is 14.4. The molecule has 128 valence electrons. The molecule has 4 nitrogen and oxygen atoms in total. The van der Waals surface area contributed by atoms with Gasteiger partial charge in [-0.1, -0.05) is 56.3 Å². The average Bonchev–Trinajstić information content (AvgIpc) is 2.60. The molecular formula is C20H25NO3. The van der Waals surface area contributed by atoms with Gasteiger partial charge in [-0.3, -0.25) is 4.79 Å². The molecule has 0 saturated carbocycles. The number of carbonyl (C=O) groups excluding carboxylic acids is 1. The molecule has 4 heteroatoms. The molecular weight excluding hydrogens is 302 g/mol. The number of rotatable bonds is 7. The molecule has 0 saturated heterocycles. The lowest BCUT2D eigenvalue weighted by atomic mass is 9.87. The Morgan fingerprint density at radius 1 is 1.08 bits per heavy atom. The number of aliphatic hydroxyl groups is 1. The van der Waals surface area contributed by atoms with Crippen LogP contribution in [0.25, 0.3) is 0 Å². The SMILES string of the molecule is COc1cccc(C(O)CNC(=O)C(c2ccccc2)C(C)C)c1. The standard InChI is InChI=1S/C20H25NO3/c1-14(2)19(15-8-5-4-6-9-15)20(23)21-13-18(22)16-10-7-11-17(12-16)24-3/h4-12,14,18-19,22H,13H2,1-3H3,(H,21,23). The molecule has 2 aromatic rings. The van der Waals surface area contributed by atoms with Crippen molar-refractivity contribution < 1.29 is 14.6 Å². The van der Waals surface area contributed by atoms with Crippen LogP contribution in [0, 0.1) is 5.92 Å². The van der Waals surface area contributed by atoms with E-state index in [2.05, 4.69) is 5.32 Å². The fourth-order valence-electron chi connectivity index (χ4n) is 2.77. The van der Waals surface area contributed by atoms with Gasteiger partial charge in [0.1, 0.15) is 5.75 Å². The van der Waals surface area contributed by atoms with Gasteiger partial charge in [-0.05, 0) is 29.2 Å². The van der Waals surface area contributed by atoms with Gasteiger partial charge in [0.2, 0.25) is 5.91 Å². The van der Waals surface area contributed by atoms with Crippen molar-refractivity contribution in [3.63, 3.8) is 0 Å². The Labute approximate surface area is 143 Å². The molecule has 2 unspecified atom stereocenters. The van der Waals surface area contributed by atoms with E-state index in [0.29, 0.717) is 5.75 Å². The molecule has 2 aromatic carbocycles. The second-order valence-corrected chi connectivity index (χ2v) is 6.17. The van der Waals surface area contributed by atoms with Gasteiger partial charge in [0.05, 0.1) is 19.1 Å². The number of carbonyl (C=O) groups is 1. The third-order valence-electron chi connectivity index (χ3n) is 4.06. The van der Waals surface area contributed by atoms with E-state index < -0.39 is 6.10 Å². The van der Waals surface area contributed by atoms with Gasteiger partial charge in [-0.15, -0.1) is 0 Å². The fourth-order valence-corrected chi connectivity index (χ4v) is 2.77. The molecule has 1 amide bonds. The van der Waals surface area contributed by atoms with Gasteiger partial charge in [-0.2, -0.15) is 0 Å². The summed E-state index contributed by atoms with van der Waals surface area (Å²) >= 11 is 0. The molecule has 2 rings (SSSR count). The van der Waals surface area contributed by atoms with E-state index in [9.17, 15) is 9.90 Å². The van der Waals surface area contributed by atoms with Gasteiger partial charge in [-0.25, -0.2) is 0 Å². The summed E-state index contributed by atoms with van der Waals surface area (Å²) in [4.78, 5) is 12.6. The number of methoxy groups -OCH3 is 1. The normalized spacial score (nSPS) is 13.4. The number of nitrogens with one attached hydrogen (secondary N) is 1. The third kappa shape index (κ3) is 4.59. The molecule has 2 atom stereocenters.